The molecule has 2 rings (SSSR count). The van der Waals surface area contributed by atoms with E-state index in [1.165, 1.54) is 17.6 Å². The molecule has 2 aromatic rings. The number of hydrogen-bond donors (Lipinski definition) is 0. The van der Waals surface area contributed by atoms with E-state index in [1.807, 2.05) is 36.4 Å². The van der Waals surface area contributed by atoms with Crippen LogP contribution >= 0.6 is 27.7 Å². The first kappa shape index (κ1) is 15.1. The molecular formula is C16H15BrO2S. The number of ether oxygens (including phenoxy) is 1. The largest absolute Gasteiger partial charge is 0.469 e. The van der Waals surface area contributed by atoms with Crippen LogP contribution in [0, 0.1) is 0 Å². The number of rotatable bonds is 5. The fourth-order valence-corrected chi connectivity index (χ4v) is 3.42. The number of carbonyl (C=O) groups excluding carboxylic acids is 1. The fraction of sp³-hybridized carbons (Fsp3) is 0.188. The Morgan fingerprint density at radius 3 is 2.45 bits per heavy atom. The number of halogens is 1. The fourth-order valence-electron chi connectivity index (χ4n) is 1.82. The Morgan fingerprint density at radius 2 is 1.75 bits per heavy atom. The molecule has 0 amide bonds. The molecule has 0 saturated carbocycles. The molecule has 0 saturated heterocycles. The van der Waals surface area contributed by atoms with Crippen LogP contribution in [0.25, 0.3) is 0 Å². The smallest absolute Gasteiger partial charge is 0.309 e. The zero-order chi connectivity index (χ0) is 14.4. The first-order chi connectivity index (χ1) is 9.70. The van der Waals surface area contributed by atoms with Crippen LogP contribution in [0.4, 0.5) is 0 Å². The molecule has 0 aliphatic carbocycles. The average molecular weight is 351 g/mol. The molecule has 0 aromatic heterocycles. The predicted molar refractivity (Wildman–Crippen MR) is 85.9 cm³/mol. The molecule has 0 aliphatic rings. The molecule has 0 heterocycles. The highest BCUT2D eigenvalue weighted by atomic mass is 79.9. The molecule has 0 radical (unpaired) electrons. The van der Waals surface area contributed by atoms with Gasteiger partial charge in [-0.3, -0.25) is 4.79 Å². The third kappa shape index (κ3) is 4.12. The maximum absolute atomic E-state index is 11.4. The molecule has 104 valence electrons. The van der Waals surface area contributed by atoms with Crippen molar-refractivity contribution in [1.29, 1.82) is 0 Å². The van der Waals surface area contributed by atoms with Gasteiger partial charge < -0.3 is 4.74 Å². The molecule has 0 atom stereocenters. The van der Waals surface area contributed by atoms with Gasteiger partial charge in [0.05, 0.1) is 13.5 Å². The van der Waals surface area contributed by atoms with E-state index in [1.54, 1.807) is 11.8 Å². The SMILES string of the molecule is COC(=O)Cc1ccccc1CSc1ccccc1Br. The van der Waals surface area contributed by atoms with Crippen LogP contribution in [0.5, 0.6) is 0 Å². The van der Waals surface area contributed by atoms with Gasteiger partial charge in [0.1, 0.15) is 0 Å². The third-order valence-corrected chi connectivity index (χ3v) is 4.98. The van der Waals surface area contributed by atoms with Crippen LogP contribution < -0.4 is 0 Å². The highest BCUT2D eigenvalue weighted by Gasteiger charge is 2.08. The summed E-state index contributed by atoms with van der Waals surface area (Å²) in [6, 6.07) is 16.1. The molecule has 2 nitrogen and oxygen atoms in total. The predicted octanol–water partition coefficient (Wildman–Crippen LogP) is 4.46. The van der Waals surface area contributed by atoms with Gasteiger partial charge in [-0.2, -0.15) is 0 Å². The highest BCUT2D eigenvalue weighted by Crippen LogP contribution is 2.30. The quantitative estimate of drug-likeness (QED) is 0.588. The average Bonchev–Trinajstić information content (AvgIpc) is 2.47. The van der Waals surface area contributed by atoms with Gasteiger partial charge in [0.15, 0.2) is 0 Å². The molecule has 4 heteroatoms. The van der Waals surface area contributed by atoms with Crippen molar-refractivity contribution < 1.29 is 9.53 Å². The minimum Gasteiger partial charge on any atom is -0.469 e. The van der Waals surface area contributed by atoms with Crippen LogP contribution in [0.2, 0.25) is 0 Å². The second kappa shape index (κ2) is 7.50. The number of methoxy groups -OCH3 is 1. The monoisotopic (exact) mass is 350 g/mol. The van der Waals surface area contributed by atoms with Gasteiger partial charge in [-0.15, -0.1) is 11.8 Å². The van der Waals surface area contributed by atoms with E-state index in [2.05, 4.69) is 28.1 Å². The lowest BCUT2D eigenvalue weighted by atomic mass is 10.1. The maximum atomic E-state index is 11.4. The lowest BCUT2D eigenvalue weighted by Crippen LogP contribution is -2.06. The lowest BCUT2D eigenvalue weighted by Gasteiger charge is -2.09. The maximum Gasteiger partial charge on any atom is 0.309 e. The van der Waals surface area contributed by atoms with Crippen LogP contribution in [0.15, 0.2) is 57.9 Å². The highest BCUT2D eigenvalue weighted by molar-refractivity contribution is 9.10. The molecule has 0 N–H and O–H groups in total. The van der Waals surface area contributed by atoms with E-state index < -0.39 is 0 Å². The van der Waals surface area contributed by atoms with Crippen LogP contribution in [0.3, 0.4) is 0 Å². The summed E-state index contributed by atoms with van der Waals surface area (Å²) >= 11 is 5.29. The van der Waals surface area contributed by atoms with Crippen molar-refractivity contribution >= 4 is 33.7 Å². The summed E-state index contributed by atoms with van der Waals surface area (Å²) in [6.45, 7) is 0. The molecule has 0 fully saturated rings. The third-order valence-electron chi connectivity index (χ3n) is 2.90. The summed E-state index contributed by atoms with van der Waals surface area (Å²) in [4.78, 5) is 12.6. The number of carbonyl (C=O) groups is 1. The van der Waals surface area contributed by atoms with Crippen molar-refractivity contribution in [2.45, 2.75) is 17.1 Å². The summed E-state index contributed by atoms with van der Waals surface area (Å²) in [5, 5.41) is 0. The van der Waals surface area contributed by atoms with E-state index in [-0.39, 0.29) is 5.97 Å². The van der Waals surface area contributed by atoms with Gasteiger partial charge in [-0.25, -0.2) is 0 Å². The second-order valence-electron chi connectivity index (χ2n) is 4.24. The first-order valence-electron chi connectivity index (χ1n) is 6.21. The van der Waals surface area contributed by atoms with Gasteiger partial charge in [0.2, 0.25) is 0 Å². The normalized spacial score (nSPS) is 10.3. The van der Waals surface area contributed by atoms with Crippen molar-refractivity contribution in [3.05, 3.63) is 64.1 Å². The lowest BCUT2D eigenvalue weighted by molar-refractivity contribution is -0.139. The Kier molecular flexibility index (Phi) is 5.68. The van der Waals surface area contributed by atoms with E-state index >= 15 is 0 Å². The van der Waals surface area contributed by atoms with E-state index in [4.69, 9.17) is 4.74 Å². The Balaban J connectivity index is 2.10. The number of esters is 1. The Bertz CT molecular complexity index is 599. The Labute approximate surface area is 131 Å². The van der Waals surface area contributed by atoms with Crippen molar-refractivity contribution in [2.75, 3.05) is 7.11 Å². The van der Waals surface area contributed by atoms with Crippen LogP contribution in [-0.4, -0.2) is 13.1 Å². The second-order valence-corrected chi connectivity index (χ2v) is 6.11. The molecule has 0 bridgehead atoms. The summed E-state index contributed by atoms with van der Waals surface area (Å²) in [5.74, 6) is 0.624. The van der Waals surface area contributed by atoms with Crippen molar-refractivity contribution in [3.63, 3.8) is 0 Å². The van der Waals surface area contributed by atoms with E-state index in [0.717, 1.165) is 15.8 Å². The number of hydrogen-bond acceptors (Lipinski definition) is 3. The van der Waals surface area contributed by atoms with Gasteiger partial charge in [-0.05, 0) is 39.2 Å². The van der Waals surface area contributed by atoms with Gasteiger partial charge in [0.25, 0.3) is 0 Å². The van der Waals surface area contributed by atoms with Crippen molar-refractivity contribution in [1.82, 2.24) is 0 Å². The molecule has 2 aromatic carbocycles. The topological polar surface area (TPSA) is 26.3 Å². The van der Waals surface area contributed by atoms with Crippen LogP contribution in [0.1, 0.15) is 11.1 Å². The molecule has 0 aliphatic heterocycles. The Morgan fingerprint density at radius 1 is 1.10 bits per heavy atom. The number of thioether (sulfide) groups is 1. The first-order valence-corrected chi connectivity index (χ1v) is 7.99. The van der Waals surface area contributed by atoms with E-state index in [0.29, 0.717) is 6.42 Å². The molecule has 0 unspecified atom stereocenters. The summed E-state index contributed by atoms with van der Waals surface area (Å²) < 4.78 is 5.83. The molecular weight excluding hydrogens is 336 g/mol. The zero-order valence-corrected chi connectivity index (χ0v) is 13.5. The minimum atomic E-state index is -0.205. The zero-order valence-electron chi connectivity index (χ0n) is 11.1. The molecule has 20 heavy (non-hydrogen) atoms. The van der Waals surface area contributed by atoms with Crippen molar-refractivity contribution in [3.8, 4) is 0 Å². The standard InChI is InChI=1S/C16H15BrO2S/c1-19-16(18)10-12-6-2-3-7-13(12)11-20-15-9-5-4-8-14(15)17/h2-9H,10-11H2,1H3. The Hall–Kier alpha value is -1.26. The summed E-state index contributed by atoms with van der Waals surface area (Å²) in [7, 11) is 1.42. The van der Waals surface area contributed by atoms with Gasteiger partial charge in [-0.1, -0.05) is 36.4 Å². The minimum absolute atomic E-state index is 0.205. The van der Waals surface area contributed by atoms with Crippen LogP contribution in [-0.2, 0) is 21.7 Å². The summed E-state index contributed by atoms with van der Waals surface area (Å²) in [5.41, 5.74) is 2.19. The van der Waals surface area contributed by atoms with Gasteiger partial charge in [0, 0.05) is 15.1 Å². The van der Waals surface area contributed by atoms with E-state index in [9.17, 15) is 4.79 Å². The molecule has 0 spiro atoms. The number of benzene rings is 2. The van der Waals surface area contributed by atoms with Gasteiger partial charge >= 0.3 is 5.97 Å². The van der Waals surface area contributed by atoms with Crippen molar-refractivity contribution in [2.24, 2.45) is 0 Å². The summed E-state index contributed by atoms with van der Waals surface area (Å²) in [6.07, 6.45) is 0.323.